The van der Waals surface area contributed by atoms with E-state index in [2.05, 4.69) is 44.6 Å². The lowest BCUT2D eigenvalue weighted by Crippen LogP contribution is -2.36. The fourth-order valence-electron chi connectivity index (χ4n) is 2.11. The topological polar surface area (TPSA) is 15.3 Å². The molecule has 0 aliphatic rings. The number of hydrogen-bond acceptors (Lipinski definition) is 2. The van der Waals surface area contributed by atoms with E-state index in [-0.39, 0.29) is 0 Å². The highest BCUT2D eigenvalue weighted by Crippen LogP contribution is 2.22. The Bertz CT molecular complexity index is 189. The fourth-order valence-corrected chi connectivity index (χ4v) is 2.11. The third-order valence-corrected chi connectivity index (χ3v) is 3.55. The van der Waals surface area contributed by atoms with Crippen molar-refractivity contribution in [1.29, 1.82) is 0 Å². The maximum atomic E-state index is 4.20. The van der Waals surface area contributed by atoms with Crippen LogP contribution in [0.25, 0.3) is 0 Å². The second-order valence-electron chi connectivity index (χ2n) is 4.77. The Morgan fingerprint density at radius 1 is 1.38 bits per heavy atom. The van der Waals surface area contributed by atoms with E-state index >= 15 is 0 Å². The van der Waals surface area contributed by atoms with Gasteiger partial charge in [0.1, 0.15) is 0 Å². The first-order valence-corrected chi connectivity index (χ1v) is 6.63. The molecule has 0 bridgehead atoms. The Labute approximate surface area is 102 Å². The zero-order valence-corrected chi connectivity index (χ0v) is 11.8. The summed E-state index contributed by atoms with van der Waals surface area (Å²) in [6.45, 7) is 12.1. The standard InChI is InChI=1S/C14H30N2/c1-7-9-14(12(3)8-2)16(6)13(4)10-11-15-5/h12,14-15H,4,7-11H2,1-3,5-6H3. The van der Waals surface area contributed by atoms with Gasteiger partial charge in [-0.1, -0.05) is 40.2 Å². The molecule has 0 rings (SSSR count). The third kappa shape index (κ3) is 5.02. The number of rotatable bonds is 9. The normalized spacial score (nSPS) is 14.6. The maximum Gasteiger partial charge on any atom is 0.0308 e. The van der Waals surface area contributed by atoms with Crippen molar-refractivity contribution < 1.29 is 0 Å². The SMILES string of the molecule is C=C(CCNC)N(C)C(CCC)C(C)CC. The molecule has 0 aromatic carbocycles. The average Bonchev–Trinajstić information content (AvgIpc) is 2.31. The average molecular weight is 226 g/mol. The van der Waals surface area contributed by atoms with Crippen LogP contribution in [0.1, 0.15) is 46.5 Å². The van der Waals surface area contributed by atoms with E-state index in [9.17, 15) is 0 Å². The van der Waals surface area contributed by atoms with Crippen LogP contribution in [0.2, 0.25) is 0 Å². The first-order valence-electron chi connectivity index (χ1n) is 6.63. The molecule has 1 N–H and O–H groups in total. The number of hydrogen-bond donors (Lipinski definition) is 1. The zero-order valence-electron chi connectivity index (χ0n) is 11.8. The van der Waals surface area contributed by atoms with Gasteiger partial charge < -0.3 is 10.2 Å². The van der Waals surface area contributed by atoms with Gasteiger partial charge >= 0.3 is 0 Å². The van der Waals surface area contributed by atoms with Gasteiger partial charge in [-0.05, 0) is 25.8 Å². The van der Waals surface area contributed by atoms with Crippen molar-refractivity contribution in [3.8, 4) is 0 Å². The molecule has 0 saturated carbocycles. The highest BCUT2D eigenvalue weighted by molar-refractivity contribution is 4.96. The molecule has 0 spiro atoms. The fraction of sp³-hybridized carbons (Fsp3) is 0.857. The Hall–Kier alpha value is -0.500. The lowest BCUT2D eigenvalue weighted by atomic mass is 9.93. The van der Waals surface area contributed by atoms with Gasteiger partial charge in [-0.15, -0.1) is 0 Å². The summed E-state index contributed by atoms with van der Waals surface area (Å²) in [7, 11) is 4.19. The van der Waals surface area contributed by atoms with Crippen LogP contribution in [0.3, 0.4) is 0 Å². The monoisotopic (exact) mass is 226 g/mol. The molecule has 0 saturated heterocycles. The zero-order chi connectivity index (χ0) is 12.6. The van der Waals surface area contributed by atoms with Gasteiger partial charge in [0.2, 0.25) is 0 Å². The Morgan fingerprint density at radius 3 is 2.44 bits per heavy atom. The molecule has 2 atom stereocenters. The molecule has 0 amide bonds. The minimum atomic E-state index is 0.652. The molecule has 0 radical (unpaired) electrons. The first kappa shape index (κ1) is 15.5. The van der Waals surface area contributed by atoms with Crippen molar-refractivity contribution in [2.45, 2.75) is 52.5 Å². The van der Waals surface area contributed by atoms with Gasteiger partial charge in [-0.3, -0.25) is 0 Å². The van der Waals surface area contributed by atoms with Crippen LogP contribution in [-0.2, 0) is 0 Å². The molecule has 0 heterocycles. The molecule has 0 aliphatic carbocycles. The van der Waals surface area contributed by atoms with Crippen LogP contribution >= 0.6 is 0 Å². The highest BCUT2D eigenvalue weighted by Gasteiger charge is 2.20. The van der Waals surface area contributed by atoms with Crippen molar-refractivity contribution in [2.24, 2.45) is 5.92 Å². The predicted molar refractivity (Wildman–Crippen MR) is 73.6 cm³/mol. The Morgan fingerprint density at radius 2 is 2.00 bits per heavy atom. The minimum Gasteiger partial charge on any atom is -0.375 e. The molecule has 2 nitrogen and oxygen atoms in total. The van der Waals surface area contributed by atoms with Crippen LogP contribution in [0.4, 0.5) is 0 Å². The molecule has 0 aromatic rings. The van der Waals surface area contributed by atoms with Crippen molar-refractivity contribution in [2.75, 3.05) is 20.6 Å². The molecule has 0 aromatic heterocycles. The lowest BCUT2D eigenvalue weighted by Gasteiger charge is -2.35. The van der Waals surface area contributed by atoms with Gasteiger partial charge in [0.25, 0.3) is 0 Å². The predicted octanol–water partition coefficient (Wildman–Crippen LogP) is 3.26. The molecular weight excluding hydrogens is 196 g/mol. The van der Waals surface area contributed by atoms with Crippen LogP contribution < -0.4 is 5.32 Å². The molecule has 16 heavy (non-hydrogen) atoms. The number of nitrogens with one attached hydrogen (secondary N) is 1. The van der Waals surface area contributed by atoms with E-state index in [0.717, 1.165) is 18.9 Å². The van der Waals surface area contributed by atoms with Crippen molar-refractivity contribution in [1.82, 2.24) is 10.2 Å². The van der Waals surface area contributed by atoms with E-state index < -0.39 is 0 Å². The smallest absolute Gasteiger partial charge is 0.0308 e. The van der Waals surface area contributed by atoms with Crippen molar-refractivity contribution >= 4 is 0 Å². The molecule has 2 heteroatoms. The molecular formula is C14H30N2. The van der Waals surface area contributed by atoms with E-state index in [0.29, 0.717) is 6.04 Å². The van der Waals surface area contributed by atoms with Gasteiger partial charge in [-0.2, -0.15) is 0 Å². The second-order valence-corrected chi connectivity index (χ2v) is 4.77. The Balaban J connectivity index is 4.35. The van der Waals surface area contributed by atoms with E-state index in [1.54, 1.807) is 0 Å². The second kappa shape index (κ2) is 8.63. The molecule has 96 valence electrons. The summed E-state index contributed by atoms with van der Waals surface area (Å²) in [5.74, 6) is 0.747. The van der Waals surface area contributed by atoms with Crippen LogP contribution in [0.5, 0.6) is 0 Å². The summed E-state index contributed by atoms with van der Waals surface area (Å²) in [6, 6.07) is 0.652. The largest absolute Gasteiger partial charge is 0.375 e. The van der Waals surface area contributed by atoms with Crippen molar-refractivity contribution in [3.05, 3.63) is 12.3 Å². The quantitative estimate of drug-likeness (QED) is 0.649. The third-order valence-electron chi connectivity index (χ3n) is 3.55. The maximum absolute atomic E-state index is 4.20. The Kier molecular flexibility index (Phi) is 8.36. The minimum absolute atomic E-state index is 0.652. The summed E-state index contributed by atoms with van der Waals surface area (Å²) in [6.07, 6.45) is 4.81. The van der Waals surface area contributed by atoms with E-state index in [1.165, 1.54) is 25.0 Å². The van der Waals surface area contributed by atoms with Gasteiger partial charge in [0, 0.05) is 25.3 Å². The van der Waals surface area contributed by atoms with Crippen molar-refractivity contribution in [3.63, 3.8) is 0 Å². The summed E-state index contributed by atoms with van der Waals surface area (Å²) >= 11 is 0. The summed E-state index contributed by atoms with van der Waals surface area (Å²) in [5.41, 5.74) is 1.26. The number of nitrogens with zero attached hydrogens (tertiary/aromatic N) is 1. The van der Waals surface area contributed by atoms with E-state index in [4.69, 9.17) is 0 Å². The van der Waals surface area contributed by atoms with E-state index in [1.807, 2.05) is 7.05 Å². The van der Waals surface area contributed by atoms with Gasteiger partial charge in [0.15, 0.2) is 0 Å². The highest BCUT2D eigenvalue weighted by atomic mass is 15.1. The molecule has 0 aliphatic heterocycles. The lowest BCUT2D eigenvalue weighted by molar-refractivity contribution is 0.205. The van der Waals surface area contributed by atoms with Crippen LogP contribution in [-0.4, -0.2) is 31.6 Å². The molecule has 0 fully saturated rings. The van der Waals surface area contributed by atoms with Crippen LogP contribution in [0.15, 0.2) is 12.3 Å². The first-order chi connectivity index (χ1) is 7.58. The van der Waals surface area contributed by atoms with Crippen LogP contribution in [0, 0.1) is 5.92 Å². The summed E-state index contributed by atoms with van der Waals surface area (Å²) in [4.78, 5) is 2.40. The summed E-state index contributed by atoms with van der Waals surface area (Å²) < 4.78 is 0. The molecule has 2 unspecified atom stereocenters. The van der Waals surface area contributed by atoms with Gasteiger partial charge in [0.05, 0.1) is 0 Å². The van der Waals surface area contributed by atoms with Gasteiger partial charge in [-0.25, -0.2) is 0 Å². The summed E-state index contributed by atoms with van der Waals surface area (Å²) in [5, 5.41) is 3.18.